The van der Waals surface area contributed by atoms with Gasteiger partial charge in [-0.25, -0.2) is 5.01 Å². The van der Waals surface area contributed by atoms with Gasteiger partial charge in [0.25, 0.3) is 5.91 Å². The summed E-state index contributed by atoms with van der Waals surface area (Å²) in [6.45, 7) is 0. The normalized spacial score (nSPS) is 19.8. The van der Waals surface area contributed by atoms with Crippen LogP contribution >= 0.6 is 11.8 Å². The minimum Gasteiger partial charge on any atom is -0.497 e. The van der Waals surface area contributed by atoms with E-state index in [0.29, 0.717) is 10.9 Å². The second kappa shape index (κ2) is 6.72. The highest BCUT2D eigenvalue weighted by molar-refractivity contribution is 8.14. The summed E-state index contributed by atoms with van der Waals surface area (Å²) in [4.78, 5) is 15.7. The molecule has 0 saturated heterocycles. The maximum atomic E-state index is 11.6. The lowest BCUT2D eigenvalue weighted by Crippen LogP contribution is -2.23. The number of hydrogen-bond donors (Lipinski definition) is 0. The molecule has 2 aliphatic heterocycles. The van der Waals surface area contributed by atoms with Gasteiger partial charge in [-0.2, -0.15) is 10.1 Å². The Hall–Kier alpha value is -2.60. The molecule has 0 N–H and O–H groups in total. The zero-order valence-corrected chi connectivity index (χ0v) is 14.6. The highest BCUT2D eigenvalue weighted by atomic mass is 32.2. The van der Waals surface area contributed by atoms with Gasteiger partial charge in [0.15, 0.2) is 5.17 Å². The van der Waals surface area contributed by atoms with E-state index in [1.165, 1.54) is 11.8 Å². The van der Waals surface area contributed by atoms with Gasteiger partial charge in [0.1, 0.15) is 5.75 Å². The predicted molar refractivity (Wildman–Crippen MR) is 100 cm³/mol. The van der Waals surface area contributed by atoms with Crippen LogP contribution in [0.15, 0.2) is 64.7 Å². The number of hydrogen-bond acceptors (Lipinski definition) is 5. The van der Waals surface area contributed by atoms with Crippen molar-refractivity contribution >= 4 is 28.5 Å². The molecule has 0 bridgehead atoms. The van der Waals surface area contributed by atoms with Gasteiger partial charge < -0.3 is 4.74 Å². The number of benzene rings is 2. The van der Waals surface area contributed by atoms with Crippen LogP contribution in [0.1, 0.15) is 23.6 Å². The molecule has 0 aromatic heterocycles. The third-order valence-electron chi connectivity index (χ3n) is 4.26. The number of rotatable bonds is 3. The molecule has 2 heterocycles. The van der Waals surface area contributed by atoms with Crippen molar-refractivity contribution < 1.29 is 9.53 Å². The molecule has 25 heavy (non-hydrogen) atoms. The van der Waals surface area contributed by atoms with Crippen molar-refractivity contribution in [2.45, 2.75) is 12.5 Å². The lowest BCUT2D eigenvalue weighted by atomic mass is 9.98. The van der Waals surface area contributed by atoms with Crippen LogP contribution in [0, 0.1) is 0 Å². The van der Waals surface area contributed by atoms with Crippen molar-refractivity contribution in [3.05, 3.63) is 65.7 Å². The van der Waals surface area contributed by atoms with E-state index in [9.17, 15) is 4.79 Å². The van der Waals surface area contributed by atoms with E-state index in [0.717, 1.165) is 29.0 Å². The van der Waals surface area contributed by atoms with E-state index in [4.69, 9.17) is 9.84 Å². The summed E-state index contributed by atoms with van der Waals surface area (Å²) in [6, 6.07) is 18.1. The molecule has 6 heteroatoms. The molecule has 1 amide bonds. The molecule has 0 spiro atoms. The van der Waals surface area contributed by atoms with Crippen LogP contribution in [0.2, 0.25) is 0 Å². The summed E-state index contributed by atoms with van der Waals surface area (Å²) in [5, 5.41) is 7.36. The molecule has 0 unspecified atom stereocenters. The maximum absolute atomic E-state index is 11.6. The first-order valence-corrected chi connectivity index (χ1v) is 9.03. The zero-order valence-electron chi connectivity index (χ0n) is 13.8. The smallest absolute Gasteiger partial charge is 0.258 e. The number of methoxy groups -OCH3 is 1. The standard InChI is InChI=1S/C19H17N3O2S/c1-24-15-9-7-14(8-10-15)17-11-16(13-5-3-2-4-6-13)21-22(17)19-20-18(23)12-25-19/h2-10,17H,11-12H2,1H3/t17-/m0/s1. The quantitative estimate of drug-likeness (QED) is 0.850. The van der Waals surface area contributed by atoms with E-state index in [2.05, 4.69) is 17.1 Å². The first-order chi connectivity index (χ1) is 12.2. The largest absolute Gasteiger partial charge is 0.497 e. The van der Waals surface area contributed by atoms with Crippen molar-refractivity contribution in [3.63, 3.8) is 0 Å². The van der Waals surface area contributed by atoms with Gasteiger partial charge >= 0.3 is 0 Å². The first-order valence-electron chi connectivity index (χ1n) is 8.05. The van der Waals surface area contributed by atoms with Crippen LogP contribution in [0.4, 0.5) is 0 Å². The van der Waals surface area contributed by atoms with E-state index in [-0.39, 0.29) is 11.9 Å². The SMILES string of the molecule is COc1ccc([C@@H]2CC(c3ccccc3)=NN2C2=NC(=O)CS2)cc1. The van der Waals surface area contributed by atoms with Crippen molar-refractivity contribution in [3.8, 4) is 5.75 Å². The third-order valence-corrected chi connectivity index (χ3v) is 5.19. The minimum atomic E-state index is -0.100. The third kappa shape index (κ3) is 3.17. The fourth-order valence-electron chi connectivity index (χ4n) is 2.99. The monoisotopic (exact) mass is 351 g/mol. The number of carbonyl (C=O) groups is 1. The summed E-state index contributed by atoms with van der Waals surface area (Å²) < 4.78 is 5.25. The average Bonchev–Trinajstić information content (AvgIpc) is 3.29. The summed E-state index contributed by atoms with van der Waals surface area (Å²) in [5.41, 5.74) is 3.22. The Bertz CT molecular complexity index is 847. The fraction of sp³-hybridized carbons (Fsp3) is 0.211. The Morgan fingerprint density at radius 3 is 2.52 bits per heavy atom. The Balaban J connectivity index is 1.69. The first kappa shape index (κ1) is 15.9. The van der Waals surface area contributed by atoms with Crippen LogP contribution in [-0.4, -0.2) is 34.7 Å². The fourth-order valence-corrected chi connectivity index (χ4v) is 3.78. The second-order valence-corrected chi connectivity index (χ2v) is 6.77. The topological polar surface area (TPSA) is 54.3 Å². The predicted octanol–water partition coefficient (Wildman–Crippen LogP) is 3.48. The van der Waals surface area contributed by atoms with Crippen molar-refractivity contribution in [2.75, 3.05) is 12.9 Å². The highest BCUT2D eigenvalue weighted by Gasteiger charge is 2.34. The number of hydrazone groups is 1. The molecule has 0 aliphatic carbocycles. The lowest BCUT2D eigenvalue weighted by Gasteiger charge is -2.22. The molecule has 4 rings (SSSR count). The molecule has 5 nitrogen and oxygen atoms in total. The highest BCUT2D eigenvalue weighted by Crippen LogP contribution is 2.36. The summed E-state index contributed by atoms with van der Waals surface area (Å²) >= 11 is 1.45. The Labute approximate surface area is 150 Å². The van der Waals surface area contributed by atoms with Crippen LogP contribution in [-0.2, 0) is 4.79 Å². The molecule has 1 atom stereocenters. The zero-order chi connectivity index (χ0) is 17.2. The number of ether oxygens (including phenoxy) is 1. The van der Waals surface area contributed by atoms with Crippen LogP contribution < -0.4 is 4.74 Å². The van der Waals surface area contributed by atoms with Crippen molar-refractivity contribution in [1.29, 1.82) is 0 Å². The Kier molecular flexibility index (Phi) is 4.28. The number of amidine groups is 1. The van der Waals surface area contributed by atoms with Gasteiger partial charge in [0.05, 0.1) is 24.6 Å². The number of nitrogens with zero attached hydrogens (tertiary/aromatic N) is 3. The van der Waals surface area contributed by atoms with E-state index in [1.54, 1.807) is 7.11 Å². The molecule has 0 saturated carbocycles. The number of amides is 1. The molecular formula is C19H17N3O2S. The van der Waals surface area contributed by atoms with Gasteiger partial charge in [-0.1, -0.05) is 54.2 Å². The van der Waals surface area contributed by atoms with Gasteiger partial charge in [-0.05, 0) is 23.3 Å². The van der Waals surface area contributed by atoms with E-state index >= 15 is 0 Å². The number of aliphatic imine (C=N–C) groups is 1. The average molecular weight is 351 g/mol. The van der Waals surface area contributed by atoms with Crippen molar-refractivity contribution in [2.24, 2.45) is 10.1 Å². The Morgan fingerprint density at radius 1 is 1.12 bits per heavy atom. The van der Waals surface area contributed by atoms with E-state index in [1.807, 2.05) is 47.5 Å². The van der Waals surface area contributed by atoms with Crippen LogP contribution in [0.5, 0.6) is 5.75 Å². The van der Waals surface area contributed by atoms with E-state index < -0.39 is 0 Å². The lowest BCUT2D eigenvalue weighted by molar-refractivity contribution is -0.115. The second-order valence-electron chi connectivity index (χ2n) is 5.83. The summed E-state index contributed by atoms with van der Waals surface area (Å²) in [6.07, 6.45) is 0.768. The Morgan fingerprint density at radius 2 is 1.88 bits per heavy atom. The molecule has 2 aromatic rings. The molecule has 126 valence electrons. The minimum absolute atomic E-state index is 0.0262. The van der Waals surface area contributed by atoms with Gasteiger partial charge in [0.2, 0.25) is 0 Å². The molecule has 0 fully saturated rings. The summed E-state index contributed by atoms with van der Waals surface area (Å²) in [5.74, 6) is 1.11. The maximum Gasteiger partial charge on any atom is 0.258 e. The number of thioether (sulfide) groups is 1. The molecule has 2 aliphatic rings. The number of carbonyl (C=O) groups excluding carboxylic acids is 1. The van der Waals surface area contributed by atoms with Gasteiger partial charge in [0, 0.05) is 6.42 Å². The van der Waals surface area contributed by atoms with Gasteiger partial charge in [-0.15, -0.1) is 0 Å². The van der Waals surface area contributed by atoms with Crippen LogP contribution in [0.3, 0.4) is 0 Å². The molecule has 0 radical (unpaired) electrons. The van der Waals surface area contributed by atoms with Crippen LogP contribution in [0.25, 0.3) is 0 Å². The van der Waals surface area contributed by atoms with Gasteiger partial charge in [-0.3, -0.25) is 4.79 Å². The van der Waals surface area contributed by atoms with Crippen molar-refractivity contribution in [1.82, 2.24) is 5.01 Å². The summed E-state index contributed by atoms with van der Waals surface area (Å²) in [7, 11) is 1.66. The molecular weight excluding hydrogens is 334 g/mol. The molecule has 2 aromatic carbocycles.